The Morgan fingerprint density at radius 3 is 2.54 bits per heavy atom. The van der Waals surface area contributed by atoms with Crippen LogP contribution in [-0.4, -0.2) is 71.3 Å². The van der Waals surface area contributed by atoms with Gasteiger partial charge in [-0.25, -0.2) is 0 Å². The lowest BCUT2D eigenvalue weighted by molar-refractivity contribution is -0.159. The minimum absolute atomic E-state index is 0.121. The maximum absolute atomic E-state index is 14.5. The van der Waals surface area contributed by atoms with Gasteiger partial charge < -0.3 is 24.4 Å². The van der Waals surface area contributed by atoms with Gasteiger partial charge in [0.05, 0.1) is 18.1 Å². The number of carbonyl (C=O) groups is 3. The number of benzene rings is 1. The summed E-state index contributed by atoms with van der Waals surface area (Å²) in [6, 6.07) is 6.10. The Hall–Kier alpha value is -2.68. The van der Waals surface area contributed by atoms with Crippen molar-refractivity contribution >= 4 is 35.1 Å². The molecule has 41 heavy (non-hydrogen) atoms. The van der Waals surface area contributed by atoms with Crippen molar-refractivity contribution in [2.75, 3.05) is 31.2 Å². The third-order valence-electron chi connectivity index (χ3n) is 8.83. The minimum atomic E-state index is -1.12. The van der Waals surface area contributed by atoms with Crippen molar-refractivity contribution in [2.45, 2.75) is 82.0 Å². The zero-order valence-corrected chi connectivity index (χ0v) is 24.8. The molecule has 1 aromatic carbocycles. The number of rotatable bonds is 16. The highest BCUT2D eigenvalue weighted by molar-refractivity contribution is 6.30. The predicted molar refractivity (Wildman–Crippen MR) is 158 cm³/mol. The van der Waals surface area contributed by atoms with Crippen molar-refractivity contribution in [3.63, 3.8) is 0 Å². The minimum Gasteiger partial charge on any atom is -0.465 e. The van der Waals surface area contributed by atoms with E-state index in [0.29, 0.717) is 49.4 Å². The molecule has 9 heteroatoms. The van der Waals surface area contributed by atoms with Gasteiger partial charge in [0.2, 0.25) is 5.91 Å². The second-order valence-electron chi connectivity index (χ2n) is 11.6. The van der Waals surface area contributed by atoms with Crippen LogP contribution in [0.25, 0.3) is 0 Å². The maximum Gasteiger partial charge on any atom is 0.312 e. The van der Waals surface area contributed by atoms with E-state index in [1.54, 1.807) is 40.1 Å². The van der Waals surface area contributed by atoms with E-state index in [1.165, 1.54) is 0 Å². The largest absolute Gasteiger partial charge is 0.465 e. The summed E-state index contributed by atoms with van der Waals surface area (Å²) < 4.78 is 12.4. The van der Waals surface area contributed by atoms with E-state index in [4.69, 9.17) is 26.2 Å². The molecule has 2 amide bonds. The number of ether oxygens (including phenoxy) is 2. The fourth-order valence-electron chi connectivity index (χ4n) is 6.92. The van der Waals surface area contributed by atoms with Gasteiger partial charge in [-0.15, -0.1) is 13.2 Å². The van der Waals surface area contributed by atoms with Crippen LogP contribution in [0.2, 0.25) is 5.02 Å². The van der Waals surface area contributed by atoms with E-state index in [0.717, 1.165) is 25.7 Å². The van der Waals surface area contributed by atoms with Crippen LogP contribution in [0.5, 0.6) is 0 Å². The number of hydrogen-bond donors (Lipinski definition) is 1. The van der Waals surface area contributed by atoms with Gasteiger partial charge in [-0.2, -0.15) is 0 Å². The van der Waals surface area contributed by atoms with Gasteiger partial charge in [0, 0.05) is 30.4 Å². The number of allylic oxidation sites excluding steroid dienone is 1. The van der Waals surface area contributed by atoms with Gasteiger partial charge in [-0.05, 0) is 76.1 Å². The van der Waals surface area contributed by atoms with Gasteiger partial charge in [-0.3, -0.25) is 14.4 Å². The molecule has 4 rings (SSSR count). The number of aliphatic hydroxyl groups is 1. The smallest absolute Gasteiger partial charge is 0.312 e. The van der Waals surface area contributed by atoms with Crippen molar-refractivity contribution < 1.29 is 29.0 Å². The summed E-state index contributed by atoms with van der Waals surface area (Å²) in [5.74, 6) is -2.48. The maximum atomic E-state index is 14.5. The molecular formula is C32H43ClN2O6. The number of anilines is 1. The number of aliphatic hydroxyl groups excluding tert-OH is 1. The molecule has 1 N–H and O–H groups in total. The molecule has 2 unspecified atom stereocenters. The number of carbonyl (C=O) groups excluding carboxylic acids is 3. The Labute approximate surface area is 248 Å². The highest BCUT2D eigenvalue weighted by Crippen LogP contribution is 2.63. The first kappa shape index (κ1) is 31.3. The van der Waals surface area contributed by atoms with Gasteiger partial charge >= 0.3 is 5.97 Å². The van der Waals surface area contributed by atoms with Crippen LogP contribution in [0.1, 0.15) is 64.7 Å². The number of fused-ring (bicyclic) bond motifs is 1. The van der Waals surface area contributed by atoms with Crippen LogP contribution < -0.4 is 4.90 Å². The van der Waals surface area contributed by atoms with E-state index < -0.39 is 35.0 Å². The fourth-order valence-corrected chi connectivity index (χ4v) is 7.05. The molecule has 5 atom stereocenters. The molecular weight excluding hydrogens is 544 g/mol. The van der Waals surface area contributed by atoms with E-state index in [1.807, 2.05) is 13.0 Å². The van der Waals surface area contributed by atoms with Crippen molar-refractivity contribution in [3.8, 4) is 0 Å². The third kappa shape index (κ3) is 6.11. The lowest BCUT2D eigenvalue weighted by Gasteiger charge is -2.37. The van der Waals surface area contributed by atoms with Crippen LogP contribution in [0, 0.1) is 11.8 Å². The van der Waals surface area contributed by atoms with Gasteiger partial charge in [-0.1, -0.05) is 36.6 Å². The monoisotopic (exact) mass is 586 g/mol. The zero-order chi connectivity index (χ0) is 29.6. The zero-order valence-electron chi connectivity index (χ0n) is 24.1. The number of hydrogen-bond acceptors (Lipinski definition) is 6. The highest BCUT2D eigenvalue weighted by atomic mass is 35.5. The van der Waals surface area contributed by atoms with Crippen LogP contribution in [-0.2, 0) is 23.9 Å². The second kappa shape index (κ2) is 13.5. The summed E-state index contributed by atoms with van der Waals surface area (Å²) in [4.78, 5) is 45.5. The number of esters is 1. The van der Waals surface area contributed by atoms with Crippen molar-refractivity contribution in [2.24, 2.45) is 11.8 Å². The summed E-state index contributed by atoms with van der Waals surface area (Å²) in [6.45, 7) is 10.5. The molecule has 224 valence electrons. The summed E-state index contributed by atoms with van der Waals surface area (Å²) in [6.07, 6.45) is 9.98. The van der Waals surface area contributed by atoms with E-state index in [9.17, 15) is 14.4 Å². The third-order valence-corrected chi connectivity index (χ3v) is 9.09. The quantitative estimate of drug-likeness (QED) is 0.165. The Kier molecular flexibility index (Phi) is 10.3. The lowest BCUT2D eigenvalue weighted by atomic mass is 9.66. The van der Waals surface area contributed by atoms with Gasteiger partial charge in [0.25, 0.3) is 5.91 Å². The van der Waals surface area contributed by atoms with Gasteiger partial charge in [0.1, 0.15) is 17.6 Å². The average molecular weight is 587 g/mol. The topological polar surface area (TPSA) is 96.4 Å². The van der Waals surface area contributed by atoms with E-state index in [2.05, 4.69) is 13.2 Å². The Bertz CT molecular complexity index is 1130. The van der Waals surface area contributed by atoms with Crippen LogP contribution >= 0.6 is 11.6 Å². The molecule has 0 aromatic heterocycles. The number of amides is 2. The summed E-state index contributed by atoms with van der Waals surface area (Å²) >= 11 is 6.12. The molecule has 0 aliphatic carbocycles. The lowest BCUT2D eigenvalue weighted by Crippen LogP contribution is -2.56. The first-order chi connectivity index (χ1) is 19.7. The van der Waals surface area contributed by atoms with Crippen molar-refractivity contribution in [1.29, 1.82) is 0 Å². The predicted octanol–water partition coefficient (Wildman–Crippen LogP) is 5.08. The Morgan fingerprint density at radius 1 is 1.12 bits per heavy atom. The molecule has 3 aliphatic heterocycles. The molecule has 3 heterocycles. The van der Waals surface area contributed by atoms with Crippen LogP contribution in [0.3, 0.4) is 0 Å². The molecule has 1 aromatic rings. The summed E-state index contributed by atoms with van der Waals surface area (Å²) in [7, 11) is 0. The molecule has 3 fully saturated rings. The molecule has 3 aliphatic rings. The normalized spacial score (nSPS) is 28.0. The van der Waals surface area contributed by atoms with E-state index >= 15 is 0 Å². The number of halogens is 1. The highest BCUT2D eigenvalue weighted by Gasteiger charge is 2.78. The fraction of sp³-hybridized carbons (Fsp3) is 0.594. The molecule has 0 radical (unpaired) electrons. The SMILES string of the molecule is C=CCCCCOC(=O)[C@@H]1[C@H]2C(=O)N(CCCCCCO)C(C(=O)N(CC=C)c3ccc(Cl)cc3)C23CC[C@@]1(C)O3. The summed E-state index contributed by atoms with van der Waals surface area (Å²) in [5.41, 5.74) is -1.36. The molecule has 1 spiro atoms. The number of likely N-dealkylation sites (tertiary alicyclic amines) is 1. The first-order valence-electron chi connectivity index (χ1n) is 14.8. The molecule has 0 saturated carbocycles. The molecule has 8 nitrogen and oxygen atoms in total. The second-order valence-corrected chi connectivity index (χ2v) is 12.0. The summed E-state index contributed by atoms with van der Waals surface area (Å²) in [5, 5.41) is 9.72. The number of unbranched alkanes of at least 4 members (excludes halogenated alkanes) is 5. The molecule has 3 saturated heterocycles. The van der Waals surface area contributed by atoms with Crippen LogP contribution in [0.15, 0.2) is 49.6 Å². The van der Waals surface area contributed by atoms with E-state index in [-0.39, 0.29) is 31.6 Å². The van der Waals surface area contributed by atoms with Gasteiger partial charge in [0.15, 0.2) is 0 Å². The molecule has 2 bridgehead atoms. The first-order valence-corrected chi connectivity index (χ1v) is 15.2. The Balaban J connectivity index is 1.66. The Morgan fingerprint density at radius 2 is 1.85 bits per heavy atom. The van der Waals surface area contributed by atoms with Crippen molar-refractivity contribution in [1.82, 2.24) is 4.90 Å². The van der Waals surface area contributed by atoms with Crippen molar-refractivity contribution in [3.05, 3.63) is 54.6 Å². The standard InChI is InChI=1S/C32H43ClN2O6/c1-4-6-7-12-22-40-30(39)26-25-28(37)35(20-10-8-9-11-21-36)27(32(25)18-17-31(26,3)41-32)29(38)34(19-5-2)24-15-13-23(33)14-16-24/h4-5,13-16,25-27,36H,1-2,6-12,17-22H2,3H3/t25-,26-,27?,31+,32?/m0/s1. The number of nitrogens with zero attached hydrogens (tertiary/aromatic N) is 2. The van der Waals surface area contributed by atoms with Crippen LogP contribution in [0.4, 0.5) is 5.69 Å². The average Bonchev–Trinajstić information content (AvgIpc) is 3.52.